The standard InChI is InChI=1S/C14H12ClFN4/c1-9-4-14-18-7-10(8-20(14)19-9)6-17-11-2-3-13(16)12(15)5-11/h2-5,7-8,17H,6H2,1H3. The molecule has 0 saturated heterocycles. The smallest absolute Gasteiger partial charge is 0.155 e. The number of aryl methyl sites for hydroxylation is 1. The van der Waals surface area contributed by atoms with Gasteiger partial charge in [-0.3, -0.25) is 0 Å². The summed E-state index contributed by atoms with van der Waals surface area (Å²) in [6.45, 7) is 2.48. The molecule has 2 heterocycles. The fraction of sp³-hybridized carbons (Fsp3) is 0.143. The van der Waals surface area contributed by atoms with Gasteiger partial charge in [-0.05, 0) is 25.1 Å². The Bertz CT molecular complexity index is 769. The van der Waals surface area contributed by atoms with Gasteiger partial charge in [0.15, 0.2) is 5.65 Å². The number of benzene rings is 1. The van der Waals surface area contributed by atoms with Gasteiger partial charge in [0.2, 0.25) is 0 Å². The molecule has 0 spiro atoms. The topological polar surface area (TPSA) is 42.2 Å². The van der Waals surface area contributed by atoms with Gasteiger partial charge in [-0.25, -0.2) is 13.9 Å². The lowest BCUT2D eigenvalue weighted by Crippen LogP contribution is -2.02. The molecule has 0 bridgehead atoms. The van der Waals surface area contributed by atoms with Crippen LogP contribution in [0, 0.1) is 12.7 Å². The fourth-order valence-electron chi connectivity index (χ4n) is 1.94. The molecule has 0 fully saturated rings. The molecular formula is C14H12ClFN4. The third-order valence-corrected chi connectivity index (χ3v) is 3.19. The van der Waals surface area contributed by atoms with Crippen LogP contribution < -0.4 is 5.32 Å². The molecule has 0 unspecified atom stereocenters. The lowest BCUT2D eigenvalue weighted by molar-refractivity contribution is 0.628. The fourth-order valence-corrected chi connectivity index (χ4v) is 2.12. The minimum atomic E-state index is -0.424. The molecule has 3 aromatic rings. The maximum Gasteiger partial charge on any atom is 0.155 e. The molecule has 0 saturated carbocycles. The molecule has 0 aliphatic rings. The second-order valence-electron chi connectivity index (χ2n) is 4.53. The maximum atomic E-state index is 13.1. The number of fused-ring (bicyclic) bond motifs is 1. The summed E-state index contributed by atoms with van der Waals surface area (Å²) in [4.78, 5) is 4.32. The first-order valence-electron chi connectivity index (χ1n) is 6.12. The predicted molar refractivity (Wildman–Crippen MR) is 76.5 cm³/mol. The predicted octanol–water partition coefficient (Wildman–Crippen LogP) is 3.44. The average Bonchev–Trinajstić information content (AvgIpc) is 2.79. The van der Waals surface area contributed by atoms with Crippen molar-refractivity contribution in [2.75, 3.05) is 5.32 Å². The van der Waals surface area contributed by atoms with Gasteiger partial charge in [0.05, 0.1) is 10.7 Å². The summed E-state index contributed by atoms with van der Waals surface area (Å²) in [5.41, 5.74) is 3.47. The van der Waals surface area contributed by atoms with Gasteiger partial charge in [0, 0.05) is 36.3 Å². The van der Waals surface area contributed by atoms with Crippen molar-refractivity contribution in [2.24, 2.45) is 0 Å². The van der Waals surface area contributed by atoms with Crippen molar-refractivity contribution in [2.45, 2.75) is 13.5 Å². The first-order valence-corrected chi connectivity index (χ1v) is 6.49. The summed E-state index contributed by atoms with van der Waals surface area (Å²) in [7, 11) is 0. The van der Waals surface area contributed by atoms with E-state index in [0.717, 1.165) is 22.6 Å². The SMILES string of the molecule is Cc1cc2ncc(CNc3ccc(F)c(Cl)c3)cn2n1. The molecule has 6 heteroatoms. The highest BCUT2D eigenvalue weighted by Crippen LogP contribution is 2.19. The zero-order valence-corrected chi connectivity index (χ0v) is 11.5. The summed E-state index contributed by atoms with van der Waals surface area (Å²) < 4.78 is 14.8. The van der Waals surface area contributed by atoms with Crippen LogP contribution in [0.1, 0.15) is 11.3 Å². The van der Waals surface area contributed by atoms with Crippen LogP contribution in [0.25, 0.3) is 5.65 Å². The van der Waals surface area contributed by atoms with E-state index in [2.05, 4.69) is 15.4 Å². The van der Waals surface area contributed by atoms with Crippen molar-refractivity contribution in [1.29, 1.82) is 0 Å². The van der Waals surface area contributed by atoms with Crippen molar-refractivity contribution in [3.63, 3.8) is 0 Å². The van der Waals surface area contributed by atoms with Gasteiger partial charge in [-0.2, -0.15) is 5.10 Å². The van der Waals surface area contributed by atoms with Crippen LogP contribution in [0.5, 0.6) is 0 Å². The third kappa shape index (κ3) is 2.58. The highest BCUT2D eigenvalue weighted by Gasteiger charge is 2.03. The van der Waals surface area contributed by atoms with E-state index in [-0.39, 0.29) is 5.02 Å². The van der Waals surface area contributed by atoms with Crippen molar-refractivity contribution >= 4 is 22.9 Å². The van der Waals surface area contributed by atoms with Crippen molar-refractivity contribution in [3.8, 4) is 0 Å². The summed E-state index contributed by atoms with van der Waals surface area (Å²) in [5.74, 6) is -0.424. The largest absolute Gasteiger partial charge is 0.381 e. The van der Waals surface area contributed by atoms with Gasteiger partial charge in [-0.1, -0.05) is 11.6 Å². The number of hydrogen-bond donors (Lipinski definition) is 1. The number of rotatable bonds is 3. The Morgan fingerprint density at radius 3 is 3.00 bits per heavy atom. The number of nitrogens with zero attached hydrogens (tertiary/aromatic N) is 3. The van der Waals surface area contributed by atoms with Crippen molar-refractivity contribution in [3.05, 3.63) is 58.8 Å². The minimum absolute atomic E-state index is 0.103. The van der Waals surface area contributed by atoms with E-state index in [1.807, 2.05) is 19.2 Å². The molecule has 0 aliphatic heterocycles. The van der Waals surface area contributed by atoms with Gasteiger partial charge in [0.25, 0.3) is 0 Å². The quantitative estimate of drug-likeness (QED) is 0.803. The van der Waals surface area contributed by atoms with Crippen LogP contribution >= 0.6 is 11.6 Å². The van der Waals surface area contributed by atoms with Crippen molar-refractivity contribution in [1.82, 2.24) is 14.6 Å². The zero-order valence-electron chi connectivity index (χ0n) is 10.8. The summed E-state index contributed by atoms with van der Waals surface area (Å²) in [6.07, 6.45) is 3.70. The van der Waals surface area contributed by atoms with Crippen LogP contribution in [0.2, 0.25) is 5.02 Å². The van der Waals surface area contributed by atoms with E-state index in [4.69, 9.17) is 11.6 Å². The number of halogens is 2. The Morgan fingerprint density at radius 2 is 2.20 bits per heavy atom. The van der Waals surface area contributed by atoms with E-state index in [0.29, 0.717) is 6.54 Å². The summed E-state index contributed by atoms with van der Waals surface area (Å²) in [6, 6.07) is 6.45. The summed E-state index contributed by atoms with van der Waals surface area (Å²) in [5, 5.41) is 7.58. The highest BCUT2D eigenvalue weighted by molar-refractivity contribution is 6.31. The second kappa shape index (κ2) is 5.09. The van der Waals surface area contributed by atoms with Crippen LogP contribution in [0.15, 0.2) is 36.7 Å². The molecule has 20 heavy (non-hydrogen) atoms. The number of hydrogen-bond acceptors (Lipinski definition) is 3. The van der Waals surface area contributed by atoms with Crippen LogP contribution in [-0.2, 0) is 6.54 Å². The molecule has 0 aliphatic carbocycles. The van der Waals surface area contributed by atoms with Crippen molar-refractivity contribution < 1.29 is 4.39 Å². The average molecular weight is 291 g/mol. The summed E-state index contributed by atoms with van der Waals surface area (Å²) >= 11 is 5.73. The van der Waals surface area contributed by atoms with E-state index < -0.39 is 5.82 Å². The molecule has 1 N–H and O–H groups in total. The van der Waals surface area contributed by atoms with Crippen LogP contribution in [-0.4, -0.2) is 14.6 Å². The molecule has 0 amide bonds. The van der Waals surface area contributed by atoms with E-state index in [1.165, 1.54) is 6.07 Å². The van der Waals surface area contributed by atoms with Gasteiger partial charge < -0.3 is 5.32 Å². The van der Waals surface area contributed by atoms with Gasteiger partial charge >= 0.3 is 0 Å². The number of nitrogens with one attached hydrogen (secondary N) is 1. The minimum Gasteiger partial charge on any atom is -0.381 e. The lowest BCUT2D eigenvalue weighted by Gasteiger charge is -2.07. The molecule has 4 nitrogen and oxygen atoms in total. The first kappa shape index (κ1) is 12.9. The van der Waals surface area contributed by atoms with E-state index in [9.17, 15) is 4.39 Å². The second-order valence-corrected chi connectivity index (χ2v) is 4.94. The van der Waals surface area contributed by atoms with E-state index in [1.54, 1.807) is 22.8 Å². The molecule has 1 aromatic carbocycles. The number of anilines is 1. The maximum absolute atomic E-state index is 13.1. The Balaban J connectivity index is 1.77. The Morgan fingerprint density at radius 1 is 1.35 bits per heavy atom. The normalized spacial score (nSPS) is 10.9. The third-order valence-electron chi connectivity index (χ3n) is 2.91. The molecule has 2 aromatic heterocycles. The lowest BCUT2D eigenvalue weighted by atomic mass is 10.3. The Kier molecular flexibility index (Phi) is 3.28. The monoisotopic (exact) mass is 290 g/mol. The first-order chi connectivity index (χ1) is 9.61. The Hall–Kier alpha value is -2.14. The zero-order chi connectivity index (χ0) is 14.1. The van der Waals surface area contributed by atoms with Crippen LogP contribution in [0.3, 0.4) is 0 Å². The number of aromatic nitrogens is 3. The van der Waals surface area contributed by atoms with Gasteiger partial charge in [-0.15, -0.1) is 0 Å². The van der Waals surface area contributed by atoms with E-state index >= 15 is 0 Å². The molecular weight excluding hydrogens is 279 g/mol. The molecule has 3 rings (SSSR count). The Labute approximate surface area is 120 Å². The molecule has 102 valence electrons. The van der Waals surface area contributed by atoms with Crippen LogP contribution in [0.4, 0.5) is 10.1 Å². The highest BCUT2D eigenvalue weighted by atomic mass is 35.5. The molecule has 0 atom stereocenters. The molecule has 0 radical (unpaired) electrons. The van der Waals surface area contributed by atoms with Gasteiger partial charge in [0.1, 0.15) is 5.82 Å².